The maximum absolute atomic E-state index is 12.7. The van der Waals surface area contributed by atoms with Gasteiger partial charge in [-0.25, -0.2) is 4.39 Å². The van der Waals surface area contributed by atoms with Crippen LogP contribution in [0, 0.1) is 15.9 Å². The van der Waals surface area contributed by atoms with Gasteiger partial charge in [0.25, 0.3) is 0 Å². The maximum atomic E-state index is 12.7. The van der Waals surface area contributed by atoms with Crippen molar-refractivity contribution in [1.82, 2.24) is 0 Å². The fraction of sp³-hybridized carbons (Fsp3) is 0.200. The second-order valence-corrected chi connectivity index (χ2v) is 6.89. The van der Waals surface area contributed by atoms with Gasteiger partial charge in [-0.05, 0) is 34.0 Å². The van der Waals surface area contributed by atoms with Gasteiger partial charge in [-0.1, -0.05) is 37.0 Å². The lowest BCUT2D eigenvalue weighted by Gasteiger charge is -2.08. The average molecular weight is 456 g/mol. The van der Waals surface area contributed by atoms with Crippen LogP contribution in [-0.4, -0.2) is 15.1 Å². The smallest absolute Gasteiger partial charge is 0.312 e. The summed E-state index contributed by atoms with van der Waals surface area (Å²) in [7, 11) is 0. The zero-order valence-corrected chi connectivity index (χ0v) is 16.2. The second-order valence-electron chi connectivity index (χ2n) is 5.19. The summed E-state index contributed by atoms with van der Waals surface area (Å²) < 4.78 is 13.0. The topological polar surface area (TPSA) is 110 Å². The van der Waals surface area contributed by atoms with Crippen LogP contribution in [0.1, 0.15) is 25.3 Å². The standard InChI is InChI=1S/C9H10ClNO3.C6H4BrClFNO/c1-5(2)7-3-6(10)4-8(9(7)12)11(13)14;7-2-1-3(8)4(9)5(10)6(2)11/h3-5,12H,1-2H3;1,11H,10H2. The van der Waals surface area contributed by atoms with E-state index in [1.54, 1.807) is 0 Å². The third-order valence-corrected chi connectivity index (χ3v) is 4.18. The molecule has 0 aliphatic heterocycles. The SMILES string of the molecule is CC(C)c1cc(Cl)cc([N+](=O)[O-])c1O.Nc1c(O)c(Br)cc(Cl)c1F. The molecule has 0 heterocycles. The molecule has 25 heavy (non-hydrogen) atoms. The first-order valence-corrected chi connectivity index (χ1v) is 8.30. The maximum Gasteiger partial charge on any atom is 0.312 e. The summed E-state index contributed by atoms with van der Waals surface area (Å²) in [6.45, 7) is 3.66. The minimum absolute atomic E-state index is 0.00704. The Hall–Kier alpha value is -1.77. The molecule has 0 saturated carbocycles. The molecule has 0 aromatic heterocycles. The molecule has 6 nitrogen and oxygen atoms in total. The van der Waals surface area contributed by atoms with Crippen LogP contribution in [0.15, 0.2) is 22.7 Å². The van der Waals surface area contributed by atoms with Crippen molar-refractivity contribution in [3.8, 4) is 11.5 Å². The van der Waals surface area contributed by atoms with Crippen molar-refractivity contribution in [2.45, 2.75) is 19.8 Å². The summed E-state index contributed by atoms with van der Waals surface area (Å²) in [5.41, 5.74) is 4.94. The third-order valence-electron chi connectivity index (χ3n) is 3.08. The van der Waals surface area contributed by atoms with E-state index in [0.717, 1.165) is 6.07 Å². The molecule has 0 radical (unpaired) electrons. The number of nitro benzene ring substituents is 1. The first-order chi connectivity index (χ1) is 11.5. The number of phenols is 2. The number of nitrogen functional groups attached to an aromatic ring is 1. The minimum atomic E-state index is -0.799. The zero-order valence-electron chi connectivity index (χ0n) is 13.1. The van der Waals surface area contributed by atoms with Crippen LogP contribution in [0.3, 0.4) is 0 Å². The molecular weight excluding hydrogens is 442 g/mol. The van der Waals surface area contributed by atoms with Gasteiger partial charge in [-0.2, -0.15) is 0 Å². The Morgan fingerprint density at radius 3 is 2.28 bits per heavy atom. The quantitative estimate of drug-likeness (QED) is 0.179. The second kappa shape index (κ2) is 8.55. The monoisotopic (exact) mass is 454 g/mol. The molecule has 136 valence electrons. The van der Waals surface area contributed by atoms with Crippen LogP contribution in [0.5, 0.6) is 11.5 Å². The Bertz CT molecular complexity index is 793. The van der Waals surface area contributed by atoms with E-state index in [-0.39, 0.29) is 43.3 Å². The Morgan fingerprint density at radius 2 is 1.80 bits per heavy atom. The normalized spacial score (nSPS) is 10.4. The number of halogens is 4. The zero-order chi connectivity index (χ0) is 19.5. The molecule has 2 aromatic rings. The number of nitro groups is 1. The number of benzene rings is 2. The Labute approximate surface area is 161 Å². The first kappa shape index (κ1) is 21.3. The molecule has 0 atom stereocenters. The van der Waals surface area contributed by atoms with Crippen LogP contribution < -0.4 is 5.73 Å². The lowest BCUT2D eigenvalue weighted by molar-refractivity contribution is -0.385. The predicted octanol–water partition coefficient (Wildman–Crippen LogP) is 5.61. The largest absolute Gasteiger partial charge is 0.505 e. The number of hydrogen-bond acceptors (Lipinski definition) is 5. The number of nitrogens with two attached hydrogens (primary N) is 1. The van der Waals surface area contributed by atoms with E-state index in [0.29, 0.717) is 5.56 Å². The molecule has 0 saturated heterocycles. The lowest BCUT2D eigenvalue weighted by Crippen LogP contribution is -1.94. The van der Waals surface area contributed by atoms with Crippen molar-refractivity contribution >= 4 is 50.5 Å². The number of aromatic hydroxyl groups is 2. The van der Waals surface area contributed by atoms with Gasteiger partial charge in [-0.15, -0.1) is 0 Å². The fourth-order valence-corrected chi connectivity index (χ4v) is 2.80. The fourth-order valence-electron chi connectivity index (χ4n) is 1.79. The van der Waals surface area contributed by atoms with Gasteiger partial charge in [0, 0.05) is 16.7 Å². The molecule has 0 unspecified atom stereocenters. The Balaban J connectivity index is 0.000000257. The van der Waals surface area contributed by atoms with Crippen molar-refractivity contribution in [1.29, 1.82) is 0 Å². The van der Waals surface area contributed by atoms with Gasteiger partial charge in [0.2, 0.25) is 0 Å². The van der Waals surface area contributed by atoms with E-state index in [1.165, 1.54) is 12.1 Å². The molecule has 4 N–H and O–H groups in total. The summed E-state index contributed by atoms with van der Waals surface area (Å²) in [4.78, 5) is 9.89. The number of phenolic OH excluding ortho intramolecular Hbond substituents is 2. The van der Waals surface area contributed by atoms with Gasteiger partial charge in [0.15, 0.2) is 17.3 Å². The highest BCUT2D eigenvalue weighted by Gasteiger charge is 2.20. The number of nitrogens with zero attached hydrogens (tertiary/aromatic N) is 1. The van der Waals surface area contributed by atoms with Crippen LogP contribution in [0.4, 0.5) is 15.8 Å². The van der Waals surface area contributed by atoms with Crippen LogP contribution in [-0.2, 0) is 0 Å². The third kappa shape index (κ3) is 5.10. The first-order valence-electron chi connectivity index (χ1n) is 6.76. The highest BCUT2D eigenvalue weighted by atomic mass is 79.9. The van der Waals surface area contributed by atoms with Gasteiger partial charge < -0.3 is 15.9 Å². The predicted molar refractivity (Wildman–Crippen MR) is 99.0 cm³/mol. The molecule has 0 aliphatic carbocycles. The Kier molecular flexibility index (Phi) is 7.28. The molecular formula is C15H14BrCl2FN2O4. The van der Waals surface area contributed by atoms with Gasteiger partial charge in [0.1, 0.15) is 5.69 Å². The molecule has 0 fully saturated rings. The van der Waals surface area contributed by atoms with Gasteiger partial charge >= 0.3 is 5.69 Å². The summed E-state index contributed by atoms with van der Waals surface area (Å²) in [5.74, 6) is -1.43. The molecule has 0 spiro atoms. The van der Waals surface area contributed by atoms with Crippen LogP contribution in [0.2, 0.25) is 10.0 Å². The molecule has 10 heteroatoms. The Morgan fingerprint density at radius 1 is 1.24 bits per heavy atom. The molecule has 0 amide bonds. The summed E-state index contributed by atoms with van der Waals surface area (Å²) in [6, 6.07) is 3.92. The van der Waals surface area contributed by atoms with E-state index >= 15 is 0 Å². The van der Waals surface area contributed by atoms with Gasteiger partial charge in [-0.3, -0.25) is 10.1 Å². The van der Waals surface area contributed by atoms with E-state index in [4.69, 9.17) is 34.0 Å². The van der Waals surface area contributed by atoms with E-state index in [2.05, 4.69) is 15.9 Å². The van der Waals surface area contributed by atoms with Crippen molar-refractivity contribution in [3.05, 3.63) is 54.2 Å². The van der Waals surface area contributed by atoms with Crippen molar-refractivity contribution in [2.24, 2.45) is 0 Å². The molecule has 2 aromatic carbocycles. The molecule has 2 rings (SSSR count). The lowest BCUT2D eigenvalue weighted by atomic mass is 10.0. The van der Waals surface area contributed by atoms with Crippen LogP contribution in [0.25, 0.3) is 0 Å². The van der Waals surface area contributed by atoms with Gasteiger partial charge in [0.05, 0.1) is 14.4 Å². The van der Waals surface area contributed by atoms with Crippen molar-refractivity contribution < 1.29 is 19.5 Å². The summed E-state index contributed by atoms with van der Waals surface area (Å²) in [6.07, 6.45) is 0. The highest BCUT2D eigenvalue weighted by Crippen LogP contribution is 2.37. The molecule has 0 aliphatic rings. The van der Waals surface area contributed by atoms with E-state index < -0.39 is 10.7 Å². The number of rotatable bonds is 2. The van der Waals surface area contributed by atoms with Crippen molar-refractivity contribution in [2.75, 3.05) is 5.73 Å². The van der Waals surface area contributed by atoms with E-state index in [1.807, 2.05) is 13.8 Å². The average Bonchev–Trinajstić information content (AvgIpc) is 2.53. The summed E-state index contributed by atoms with van der Waals surface area (Å²) in [5, 5.41) is 29.3. The molecule has 0 bridgehead atoms. The van der Waals surface area contributed by atoms with Crippen molar-refractivity contribution in [3.63, 3.8) is 0 Å². The highest BCUT2D eigenvalue weighted by molar-refractivity contribution is 9.10. The number of anilines is 1. The van der Waals surface area contributed by atoms with E-state index in [9.17, 15) is 19.6 Å². The minimum Gasteiger partial charge on any atom is -0.505 e. The summed E-state index contributed by atoms with van der Waals surface area (Å²) >= 11 is 14.0. The van der Waals surface area contributed by atoms with Crippen LogP contribution >= 0.6 is 39.1 Å². The number of hydrogen-bond donors (Lipinski definition) is 3.